The van der Waals surface area contributed by atoms with E-state index >= 15 is 0 Å². The van der Waals surface area contributed by atoms with Gasteiger partial charge in [-0.1, -0.05) is 18.2 Å². The van der Waals surface area contributed by atoms with Gasteiger partial charge in [0.2, 0.25) is 0 Å². The van der Waals surface area contributed by atoms with Gasteiger partial charge >= 0.3 is 0 Å². The predicted molar refractivity (Wildman–Crippen MR) is 75.1 cm³/mol. The summed E-state index contributed by atoms with van der Waals surface area (Å²) in [6.45, 7) is 2.81. The standard InChI is InChI=1S/C9H7NO.C5H8O2.Al/c11-8-5-1-3-7-4-2-6-10-9(7)8;1-4(6)3-5(2)7;/h1-6,11H;3H2,1-2H3;. The molecule has 97 valence electrons. The molecule has 0 fully saturated rings. The number of rotatable bonds is 2. The Hall–Kier alpha value is -1.70. The quantitative estimate of drug-likeness (QED) is 0.671. The third-order valence-electron chi connectivity index (χ3n) is 2.11. The van der Waals surface area contributed by atoms with Gasteiger partial charge in [-0.25, -0.2) is 0 Å². The number of aromatic nitrogens is 1. The van der Waals surface area contributed by atoms with E-state index in [1.54, 1.807) is 18.3 Å². The maximum Gasteiger partial charge on any atom is 0.141 e. The van der Waals surface area contributed by atoms with Crippen LogP contribution in [0.15, 0.2) is 36.5 Å². The highest BCUT2D eigenvalue weighted by Gasteiger charge is 1.96. The monoisotopic (exact) mass is 272 g/mol. The van der Waals surface area contributed by atoms with Crippen LogP contribution in [0.3, 0.4) is 0 Å². The van der Waals surface area contributed by atoms with Crippen molar-refractivity contribution in [1.29, 1.82) is 0 Å². The number of aromatic hydroxyl groups is 1. The highest BCUT2D eigenvalue weighted by atomic mass is 27.0. The van der Waals surface area contributed by atoms with Gasteiger partial charge in [-0.3, -0.25) is 14.6 Å². The minimum absolute atomic E-state index is 0. The number of carbonyl (C=O) groups is 2. The molecule has 1 heterocycles. The van der Waals surface area contributed by atoms with Crippen molar-refractivity contribution in [1.82, 2.24) is 4.98 Å². The van der Waals surface area contributed by atoms with E-state index in [4.69, 9.17) is 0 Å². The zero-order chi connectivity index (χ0) is 13.5. The number of Topliss-reactive ketones (excluding diaryl/α,β-unsaturated/α-hetero) is 2. The average Bonchev–Trinajstić information content (AvgIpc) is 2.29. The van der Waals surface area contributed by atoms with E-state index in [-0.39, 0.29) is 41.1 Å². The Morgan fingerprint density at radius 2 is 1.68 bits per heavy atom. The van der Waals surface area contributed by atoms with Crippen LogP contribution in [0.1, 0.15) is 20.3 Å². The first kappa shape index (κ1) is 17.3. The van der Waals surface area contributed by atoms with Gasteiger partial charge in [-0.05, 0) is 26.0 Å². The highest BCUT2D eigenvalue weighted by molar-refractivity contribution is 5.96. The molecule has 1 aromatic carbocycles. The normalized spacial score (nSPS) is 8.95. The third-order valence-corrected chi connectivity index (χ3v) is 2.11. The summed E-state index contributed by atoms with van der Waals surface area (Å²) < 4.78 is 0. The molecule has 0 aliphatic rings. The third kappa shape index (κ3) is 6.14. The highest BCUT2D eigenvalue weighted by Crippen LogP contribution is 2.20. The molecule has 2 rings (SSSR count). The van der Waals surface area contributed by atoms with E-state index in [1.165, 1.54) is 13.8 Å². The van der Waals surface area contributed by atoms with E-state index < -0.39 is 0 Å². The van der Waals surface area contributed by atoms with Gasteiger partial charge in [-0.2, -0.15) is 0 Å². The van der Waals surface area contributed by atoms with Gasteiger partial charge in [-0.15, -0.1) is 0 Å². The minimum atomic E-state index is -0.0625. The van der Waals surface area contributed by atoms with Gasteiger partial charge in [0.1, 0.15) is 22.8 Å². The van der Waals surface area contributed by atoms with Crippen LogP contribution in [0, 0.1) is 0 Å². The zero-order valence-electron chi connectivity index (χ0n) is 11.0. The molecular weight excluding hydrogens is 257 g/mol. The number of fused-ring (bicyclic) bond motifs is 1. The van der Waals surface area contributed by atoms with Crippen LogP contribution >= 0.6 is 0 Å². The zero-order valence-corrected chi connectivity index (χ0v) is 12.1. The lowest BCUT2D eigenvalue weighted by Crippen LogP contribution is -1.97. The molecule has 0 bridgehead atoms. The first-order valence-electron chi connectivity index (χ1n) is 5.52. The Labute approximate surface area is 122 Å². The second-order valence-electron chi connectivity index (χ2n) is 3.93. The molecule has 5 heteroatoms. The molecule has 4 nitrogen and oxygen atoms in total. The Balaban J connectivity index is 0.000000360. The van der Waals surface area contributed by atoms with Crippen LogP contribution in [-0.4, -0.2) is 39.0 Å². The van der Waals surface area contributed by atoms with Gasteiger partial charge in [0.05, 0.1) is 6.42 Å². The Bertz CT molecular complexity index is 552. The molecule has 19 heavy (non-hydrogen) atoms. The van der Waals surface area contributed by atoms with Crippen molar-refractivity contribution in [2.24, 2.45) is 0 Å². The summed E-state index contributed by atoms with van der Waals surface area (Å²) in [5, 5.41) is 10.3. The van der Waals surface area contributed by atoms with Crippen LogP contribution < -0.4 is 0 Å². The van der Waals surface area contributed by atoms with Crippen LogP contribution in [0.25, 0.3) is 10.9 Å². The van der Waals surface area contributed by atoms with Gasteiger partial charge in [0, 0.05) is 28.9 Å². The summed E-state index contributed by atoms with van der Waals surface area (Å²) in [6.07, 6.45) is 1.75. The topological polar surface area (TPSA) is 67.3 Å². The summed E-state index contributed by atoms with van der Waals surface area (Å²) in [5.41, 5.74) is 0.662. The van der Waals surface area contributed by atoms with Crippen molar-refractivity contribution in [3.05, 3.63) is 36.5 Å². The van der Waals surface area contributed by atoms with E-state index in [9.17, 15) is 14.7 Å². The summed E-state index contributed by atoms with van der Waals surface area (Å²) in [5.74, 6) is 0.114. The molecule has 0 atom stereocenters. The molecule has 0 saturated carbocycles. The van der Waals surface area contributed by atoms with Crippen molar-refractivity contribution in [3.8, 4) is 5.75 Å². The summed E-state index contributed by atoms with van der Waals surface area (Å²) in [4.78, 5) is 24.1. The number of phenolic OH excluding ortho intramolecular Hbond substituents is 1. The number of carbonyl (C=O) groups excluding carboxylic acids is 2. The molecule has 0 saturated heterocycles. The summed E-state index contributed by atoms with van der Waals surface area (Å²) in [6, 6.07) is 9.13. The number of ketones is 2. The van der Waals surface area contributed by atoms with E-state index in [0.29, 0.717) is 5.52 Å². The molecule has 0 unspecified atom stereocenters. The molecule has 3 radical (unpaired) electrons. The lowest BCUT2D eigenvalue weighted by atomic mass is 10.2. The molecule has 1 N–H and O–H groups in total. The van der Waals surface area contributed by atoms with Crippen molar-refractivity contribution in [2.75, 3.05) is 0 Å². The van der Waals surface area contributed by atoms with E-state index in [2.05, 4.69) is 4.98 Å². The number of hydrogen-bond donors (Lipinski definition) is 1. The second-order valence-corrected chi connectivity index (χ2v) is 3.93. The number of phenols is 1. The Kier molecular flexibility index (Phi) is 7.66. The van der Waals surface area contributed by atoms with Gasteiger partial charge in [0.25, 0.3) is 0 Å². The van der Waals surface area contributed by atoms with Crippen LogP contribution in [-0.2, 0) is 9.59 Å². The summed E-state index contributed by atoms with van der Waals surface area (Å²) in [7, 11) is 0. The van der Waals surface area contributed by atoms with Crippen LogP contribution in [0.2, 0.25) is 0 Å². The molecule has 0 aliphatic carbocycles. The number of pyridine rings is 1. The predicted octanol–water partition coefficient (Wildman–Crippen LogP) is 2.11. The number of para-hydroxylation sites is 1. The minimum Gasteiger partial charge on any atom is -0.506 e. The SMILES string of the molecule is CC(=O)CC(C)=O.Oc1cccc2cccnc12.[Al]. The van der Waals surface area contributed by atoms with E-state index in [1.807, 2.05) is 18.2 Å². The number of nitrogens with zero attached hydrogens (tertiary/aromatic N) is 1. The molecule has 1 aromatic heterocycles. The van der Waals surface area contributed by atoms with Crippen molar-refractivity contribution < 1.29 is 14.7 Å². The lowest BCUT2D eigenvalue weighted by molar-refractivity contribution is -0.124. The molecule has 0 spiro atoms. The Morgan fingerprint density at radius 3 is 2.16 bits per heavy atom. The number of hydrogen-bond acceptors (Lipinski definition) is 4. The Morgan fingerprint density at radius 1 is 1.11 bits per heavy atom. The molecular formula is C14H15AlNO3. The van der Waals surface area contributed by atoms with Gasteiger partial charge < -0.3 is 5.11 Å². The first-order valence-corrected chi connectivity index (χ1v) is 5.52. The van der Waals surface area contributed by atoms with Crippen LogP contribution in [0.5, 0.6) is 5.75 Å². The van der Waals surface area contributed by atoms with Gasteiger partial charge in [0.15, 0.2) is 0 Å². The molecule has 0 amide bonds. The largest absolute Gasteiger partial charge is 0.506 e. The fourth-order valence-electron chi connectivity index (χ4n) is 1.44. The lowest BCUT2D eigenvalue weighted by Gasteiger charge is -1.96. The maximum atomic E-state index is 10.0. The van der Waals surface area contributed by atoms with Crippen molar-refractivity contribution >= 4 is 39.8 Å². The fourth-order valence-corrected chi connectivity index (χ4v) is 1.44. The fraction of sp³-hybridized carbons (Fsp3) is 0.214. The van der Waals surface area contributed by atoms with Crippen LogP contribution in [0.4, 0.5) is 0 Å². The van der Waals surface area contributed by atoms with E-state index in [0.717, 1.165) is 5.39 Å². The number of benzene rings is 1. The maximum absolute atomic E-state index is 10.0. The molecule has 2 aromatic rings. The molecule has 0 aliphatic heterocycles. The summed E-state index contributed by atoms with van der Waals surface area (Å²) >= 11 is 0. The smallest absolute Gasteiger partial charge is 0.141 e. The first-order chi connectivity index (χ1) is 8.50. The second kappa shape index (κ2) is 8.41. The van der Waals surface area contributed by atoms with Crippen molar-refractivity contribution in [3.63, 3.8) is 0 Å². The van der Waals surface area contributed by atoms with Crippen molar-refractivity contribution in [2.45, 2.75) is 20.3 Å². The average molecular weight is 272 g/mol.